The Balaban J connectivity index is 1.79. The van der Waals surface area contributed by atoms with E-state index in [1.807, 2.05) is 31.2 Å². The molecule has 0 bridgehead atoms. The first-order chi connectivity index (χ1) is 15.3. The van der Waals surface area contributed by atoms with Crippen LogP contribution in [0.3, 0.4) is 0 Å². The van der Waals surface area contributed by atoms with Gasteiger partial charge in [0.05, 0.1) is 40.7 Å². The van der Waals surface area contributed by atoms with Crippen molar-refractivity contribution in [1.82, 2.24) is 10.1 Å². The van der Waals surface area contributed by atoms with Crippen LogP contribution in [-0.2, 0) is 4.74 Å². The van der Waals surface area contributed by atoms with Gasteiger partial charge in [-0.1, -0.05) is 35.0 Å². The second kappa shape index (κ2) is 8.18. The summed E-state index contributed by atoms with van der Waals surface area (Å²) in [5.74, 6) is -3.86. The number of hydrogen-bond acceptors (Lipinski definition) is 6. The second-order valence-corrected chi connectivity index (χ2v) is 7.13. The molecule has 7 nitrogen and oxygen atoms in total. The maximum Gasteiger partial charge on any atom is 0.340 e. The lowest BCUT2D eigenvalue weighted by atomic mass is 10.0. The predicted octanol–water partition coefficient (Wildman–Crippen LogP) is 4.82. The van der Waals surface area contributed by atoms with E-state index in [2.05, 4.69) is 20.2 Å². The van der Waals surface area contributed by atoms with Crippen LogP contribution in [0.5, 0.6) is 0 Å². The number of carbonyl (C=O) groups excluding carboxylic acids is 2. The molecule has 2 aromatic carbocycles. The number of nitrogens with one attached hydrogen (secondary N) is 1. The number of rotatable bonds is 4. The van der Waals surface area contributed by atoms with Crippen molar-refractivity contribution in [1.29, 1.82) is 0 Å². The SMILES string of the molecule is COC(=O)c1cc(NC(=O)c2cc(-c3ccc(C)cc3)nc3onc(C)c23)c(F)cc1F. The molecule has 0 aliphatic carbocycles. The van der Waals surface area contributed by atoms with Crippen molar-refractivity contribution in [3.63, 3.8) is 0 Å². The molecule has 32 heavy (non-hydrogen) atoms. The van der Waals surface area contributed by atoms with Crippen LogP contribution in [0.25, 0.3) is 22.4 Å². The first-order valence-electron chi connectivity index (χ1n) is 9.51. The van der Waals surface area contributed by atoms with E-state index >= 15 is 0 Å². The number of anilines is 1. The summed E-state index contributed by atoms with van der Waals surface area (Å²) < 4.78 is 38.0. The number of benzene rings is 2. The van der Waals surface area contributed by atoms with E-state index < -0.39 is 29.1 Å². The fourth-order valence-corrected chi connectivity index (χ4v) is 3.25. The molecule has 0 atom stereocenters. The standard InChI is InChI=1S/C23H17F2N3O4/c1-11-4-6-13(7-5-11)18-9-15(20-12(2)28-32-22(20)27-18)21(29)26-19-8-14(23(30)31-3)16(24)10-17(19)25/h4-10H,1-3H3,(H,26,29). The molecule has 0 fully saturated rings. The van der Waals surface area contributed by atoms with Gasteiger partial charge in [-0.2, -0.15) is 0 Å². The molecule has 1 N–H and O–H groups in total. The summed E-state index contributed by atoms with van der Waals surface area (Å²) in [6.07, 6.45) is 0. The Bertz CT molecular complexity index is 1360. The minimum Gasteiger partial charge on any atom is -0.465 e. The number of carbonyl (C=O) groups is 2. The molecule has 162 valence electrons. The van der Waals surface area contributed by atoms with E-state index in [1.165, 1.54) is 6.07 Å². The molecule has 4 aromatic rings. The molecule has 4 rings (SSSR count). The summed E-state index contributed by atoms with van der Waals surface area (Å²) in [7, 11) is 1.07. The van der Waals surface area contributed by atoms with E-state index in [4.69, 9.17) is 4.52 Å². The number of pyridine rings is 1. The van der Waals surface area contributed by atoms with Gasteiger partial charge in [0.25, 0.3) is 11.6 Å². The zero-order valence-electron chi connectivity index (χ0n) is 17.3. The van der Waals surface area contributed by atoms with Crippen molar-refractivity contribution < 1.29 is 27.6 Å². The number of hydrogen-bond donors (Lipinski definition) is 1. The highest BCUT2D eigenvalue weighted by molar-refractivity contribution is 6.13. The van der Waals surface area contributed by atoms with Crippen LogP contribution in [0.15, 0.2) is 47.0 Å². The smallest absolute Gasteiger partial charge is 0.340 e. The molecule has 0 saturated carbocycles. The highest BCUT2D eigenvalue weighted by Crippen LogP contribution is 2.29. The summed E-state index contributed by atoms with van der Waals surface area (Å²) in [5, 5.41) is 6.61. The Labute approximate surface area is 181 Å². The number of methoxy groups -OCH3 is 1. The number of fused-ring (bicyclic) bond motifs is 1. The Morgan fingerprint density at radius 3 is 2.41 bits per heavy atom. The Morgan fingerprint density at radius 1 is 1.00 bits per heavy atom. The van der Waals surface area contributed by atoms with E-state index in [0.717, 1.165) is 24.3 Å². The van der Waals surface area contributed by atoms with Crippen LogP contribution in [-0.4, -0.2) is 29.1 Å². The molecule has 0 radical (unpaired) electrons. The highest BCUT2D eigenvalue weighted by Gasteiger charge is 2.22. The molecular formula is C23H17F2N3O4. The van der Waals surface area contributed by atoms with Crippen LogP contribution in [0, 0.1) is 25.5 Å². The highest BCUT2D eigenvalue weighted by atomic mass is 19.1. The van der Waals surface area contributed by atoms with Gasteiger partial charge in [0, 0.05) is 11.6 Å². The van der Waals surface area contributed by atoms with Crippen LogP contribution in [0.2, 0.25) is 0 Å². The van der Waals surface area contributed by atoms with E-state index in [-0.39, 0.29) is 17.0 Å². The maximum atomic E-state index is 14.3. The van der Waals surface area contributed by atoms with Gasteiger partial charge in [-0.05, 0) is 26.0 Å². The van der Waals surface area contributed by atoms with Gasteiger partial charge >= 0.3 is 5.97 Å². The Kier molecular flexibility index (Phi) is 5.40. The largest absolute Gasteiger partial charge is 0.465 e. The van der Waals surface area contributed by atoms with Crippen molar-refractivity contribution in [2.24, 2.45) is 0 Å². The normalized spacial score (nSPS) is 10.9. The van der Waals surface area contributed by atoms with Crippen molar-refractivity contribution in [3.8, 4) is 11.3 Å². The third-order valence-electron chi connectivity index (χ3n) is 4.92. The van der Waals surface area contributed by atoms with Crippen LogP contribution < -0.4 is 5.32 Å². The van der Waals surface area contributed by atoms with Gasteiger partial charge in [-0.25, -0.2) is 18.6 Å². The zero-order chi connectivity index (χ0) is 23.0. The van der Waals surface area contributed by atoms with Gasteiger partial charge in [0.2, 0.25) is 0 Å². The topological polar surface area (TPSA) is 94.3 Å². The first kappa shape index (κ1) is 21.1. The first-order valence-corrected chi connectivity index (χ1v) is 9.51. The van der Waals surface area contributed by atoms with Gasteiger partial charge < -0.3 is 14.6 Å². The van der Waals surface area contributed by atoms with Crippen molar-refractivity contribution in [3.05, 3.63) is 76.5 Å². The second-order valence-electron chi connectivity index (χ2n) is 7.13. The quantitative estimate of drug-likeness (QED) is 0.460. The van der Waals surface area contributed by atoms with E-state index in [0.29, 0.717) is 22.8 Å². The number of aromatic nitrogens is 2. The number of halogens is 2. The molecule has 0 spiro atoms. The summed E-state index contributed by atoms with van der Waals surface area (Å²) in [6, 6.07) is 10.4. The molecule has 0 aliphatic rings. The molecule has 0 saturated heterocycles. The average molecular weight is 437 g/mol. The fraction of sp³-hybridized carbons (Fsp3) is 0.130. The number of ether oxygens (including phenoxy) is 1. The number of esters is 1. The maximum absolute atomic E-state index is 14.3. The van der Waals surface area contributed by atoms with E-state index in [1.54, 1.807) is 6.92 Å². The van der Waals surface area contributed by atoms with Crippen LogP contribution in [0.4, 0.5) is 14.5 Å². The minimum atomic E-state index is -1.10. The third kappa shape index (κ3) is 3.80. The predicted molar refractivity (Wildman–Crippen MR) is 112 cm³/mol. The van der Waals surface area contributed by atoms with Crippen molar-refractivity contribution in [2.45, 2.75) is 13.8 Å². The van der Waals surface area contributed by atoms with Gasteiger partial charge in [0.1, 0.15) is 11.6 Å². The zero-order valence-corrected chi connectivity index (χ0v) is 17.3. The van der Waals surface area contributed by atoms with Crippen molar-refractivity contribution >= 4 is 28.7 Å². The van der Waals surface area contributed by atoms with Gasteiger partial charge in [0.15, 0.2) is 0 Å². The molecule has 2 heterocycles. The van der Waals surface area contributed by atoms with Crippen LogP contribution >= 0.6 is 0 Å². The third-order valence-corrected chi connectivity index (χ3v) is 4.92. The molecule has 9 heteroatoms. The van der Waals surface area contributed by atoms with Crippen molar-refractivity contribution in [2.75, 3.05) is 12.4 Å². The number of aryl methyl sites for hydroxylation is 2. The summed E-state index contributed by atoms with van der Waals surface area (Å²) >= 11 is 0. The summed E-state index contributed by atoms with van der Waals surface area (Å²) in [4.78, 5) is 29.3. The molecule has 2 aromatic heterocycles. The van der Waals surface area contributed by atoms with Crippen LogP contribution in [0.1, 0.15) is 32.0 Å². The minimum absolute atomic E-state index is 0.132. The lowest BCUT2D eigenvalue weighted by Crippen LogP contribution is -2.16. The number of amides is 1. The summed E-state index contributed by atoms with van der Waals surface area (Å²) in [5.41, 5.74) is 2.04. The lowest BCUT2D eigenvalue weighted by Gasteiger charge is -2.11. The summed E-state index contributed by atoms with van der Waals surface area (Å²) in [6.45, 7) is 3.59. The average Bonchev–Trinajstić information content (AvgIpc) is 3.15. The van der Waals surface area contributed by atoms with E-state index in [9.17, 15) is 18.4 Å². The molecule has 0 unspecified atom stereocenters. The fourth-order valence-electron chi connectivity index (χ4n) is 3.25. The Morgan fingerprint density at radius 2 is 1.72 bits per heavy atom. The molecule has 1 amide bonds. The molecular weight excluding hydrogens is 420 g/mol. The number of nitrogens with zero attached hydrogens (tertiary/aromatic N) is 2. The van der Waals surface area contributed by atoms with Gasteiger partial charge in [-0.3, -0.25) is 4.79 Å². The Hall–Kier alpha value is -4.14. The lowest BCUT2D eigenvalue weighted by molar-refractivity contribution is 0.0595. The molecule has 0 aliphatic heterocycles. The monoisotopic (exact) mass is 437 g/mol. The van der Waals surface area contributed by atoms with Gasteiger partial charge in [-0.15, -0.1) is 0 Å².